The van der Waals surface area contributed by atoms with E-state index >= 15 is 0 Å². The van der Waals surface area contributed by atoms with E-state index in [4.69, 9.17) is 4.74 Å². The van der Waals surface area contributed by atoms with Crippen molar-refractivity contribution in [1.29, 1.82) is 0 Å². The molecule has 0 spiro atoms. The fourth-order valence-electron chi connectivity index (χ4n) is 1.36. The Morgan fingerprint density at radius 2 is 1.93 bits per heavy atom. The highest BCUT2D eigenvalue weighted by Gasteiger charge is 2.15. The van der Waals surface area contributed by atoms with E-state index in [0.717, 1.165) is 6.42 Å². The zero-order chi connectivity index (χ0) is 11.8. The van der Waals surface area contributed by atoms with Gasteiger partial charge in [0.2, 0.25) is 0 Å². The van der Waals surface area contributed by atoms with Crippen molar-refractivity contribution in [2.75, 3.05) is 13.2 Å². The predicted molar refractivity (Wildman–Crippen MR) is 71.5 cm³/mol. The van der Waals surface area contributed by atoms with Gasteiger partial charge < -0.3 is 10.1 Å². The Hall–Kier alpha value is 0.160. The van der Waals surface area contributed by atoms with Gasteiger partial charge in [0.15, 0.2) is 0 Å². The molecule has 0 aliphatic rings. The first-order valence-electron chi connectivity index (χ1n) is 5.48. The molecule has 0 fully saturated rings. The van der Waals surface area contributed by atoms with Gasteiger partial charge in [0.1, 0.15) is 0 Å². The highest BCUT2D eigenvalue weighted by atomic mass is 127. The highest BCUT2D eigenvalue weighted by Crippen LogP contribution is 2.15. The minimum Gasteiger partial charge on any atom is -0.376 e. The average Bonchev–Trinajstić information content (AvgIpc) is 2.08. The van der Waals surface area contributed by atoms with Crippen molar-refractivity contribution in [2.24, 2.45) is 11.8 Å². The summed E-state index contributed by atoms with van der Waals surface area (Å²) in [6, 6.07) is 0. The molecule has 1 unspecified atom stereocenters. The van der Waals surface area contributed by atoms with Crippen LogP contribution in [0.5, 0.6) is 0 Å². The molecule has 0 bridgehead atoms. The Morgan fingerprint density at radius 1 is 1.33 bits per heavy atom. The lowest BCUT2D eigenvalue weighted by Gasteiger charge is -2.23. The van der Waals surface area contributed by atoms with Gasteiger partial charge in [-0.15, -0.1) is 0 Å². The Bertz CT molecular complexity index is 183. The molecule has 0 rings (SSSR count). The van der Waals surface area contributed by atoms with Crippen LogP contribution in [-0.4, -0.2) is 23.2 Å². The largest absolute Gasteiger partial charge is 0.376 e. The van der Waals surface area contributed by atoms with Gasteiger partial charge in [0, 0.05) is 29.1 Å². The molecule has 90 valence electrons. The van der Waals surface area contributed by atoms with Crippen LogP contribution < -0.4 is 5.32 Å². The second-order valence-electron chi connectivity index (χ2n) is 4.48. The number of halogens is 1. The first-order chi connectivity index (χ1) is 6.93. The van der Waals surface area contributed by atoms with E-state index < -0.39 is 0 Å². The van der Waals surface area contributed by atoms with E-state index in [2.05, 4.69) is 33.0 Å². The lowest BCUT2D eigenvalue weighted by Crippen LogP contribution is -2.28. The van der Waals surface area contributed by atoms with Crippen LogP contribution in [0.2, 0.25) is 0 Å². The second kappa shape index (κ2) is 8.33. The van der Waals surface area contributed by atoms with Crippen molar-refractivity contribution in [3.8, 4) is 0 Å². The van der Waals surface area contributed by atoms with Gasteiger partial charge in [-0.3, -0.25) is 4.79 Å². The Balaban J connectivity index is 3.71. The number of carbonyl (C=O) groups is 1. The molecule has 4 heteroatoms. The van der Waals surface area contributed by atoms with Crippen LogP contribution in [0.25, 0.3) is 0 Å². The van der Waals surface area contributed by atoms with Crippen molar-refractivity contribution in [1.82, 2.24) is 5.32 Å². The monoisotopic (exact) mass is 327 g/mol. The summed E-state index contributed by atoms with van der Waals surface area (Å²) in [7, 11) is 0. The van der Waals surface area contributed by atoms with Gasteiger partial charge in [-0.05, 0) is 18.3 Å². The van der Waals surface area contributed by atoms with E-state index in [-0.39, 0.29) is 3.91 Å². The number of rotatable bonds is 7. The van der Waals surface area contributed by atoms with Crippen molar-refractivity contribution >= 4 is 26.5 Å². The van der Waals surface area contributed by atoms with Crippen LogP contribution in [0.15, 0.2) is 0 Å². The molecule has 0 saturated carbocycles. The summed E-state index contributed by atoms with van der Waals surface area (Å²) in [5.74, 6) is 1.18. The number of amides is 1. The summed E-state index contributed by atoms with van der Waals surface area (Å²) < 4.78 is 5.72. The average molecular weight is 327 g/mol. The predicted octanol–water partition coefficient (Wildman–Crippen LogP) is 3.22. The smallest absolute Gasteiger partial charge is 0.280 e. The quantitative estimate of drug-likeness (QED) is 0.337. The molecule has 1 N–H and O–H groups in total. The molecule has 3 nitrogen and oxygen atoms in total. The molecular formula is C11H22INO2. The molecule has 0 aliphatic carbocycles. The van der Waals surface area contributed by atoms with Crippen LogP contribution in [0, 0.1) is 11.8 Å². The summed E-state index contributed by atoms with van der Waals surface area (Å²) in [6.45, 7) is 9.94. The standard InChI is InChI=1S/C11H22INO2/c1-8(2)7-10(9(3)4)15-6-5-13-11(12)14/h8-10H,5-7H2,1-4H3,(H,13,14). The van der Waals surface area contributed by atoms with Gasteiger partial charge in [-0.25, -0.2) is 0 Å². The maximum Gasteiger partial charge on any atom is 0.280 e. The summed E-state index contributed by atoms with van der Waals surface area (Å²) >= 11 is 1.73. The van der Waals surface area contributed by atoms with Crippen LogP contribution in [0.4, 0.5) is 4.79 Å². The lowest BCUT2D eigenvalue weighted by molar-refractivity contribution is 0.0119. The molecular weight excluding hydrogens is 305 g/mol. The number of ether oxygens (including phenoxy) is 1. The van der Waals surface area contributed by atoms with E-state index in [9.17, 15) is 4.79 Å². The summed E-state index contributed by atoms with van der Waals surface area (Å²) in [5, 5.41) is 2.72. The molecule has 0 heterocycles. The molecule has 0 aromatic rings. The van der Waals surface area contributed by atoms with E-state index in [1.807, 2.05) is 0 Å². The van der Waals surface area contributed by atoms with E-state index in [0.29, 0.717) is 31.1 Å². The third-order valence-corrected chi connectivity index (χ3v) is 2.53. The zero-order valence-electron chi connectivity index (χ0n) is 10.0. The number of nitrogens with one attached hydrogen (secondary N) is 1. The van der Waals surface area contributed by atoms with Crippen molar-refractivity contribution in [2.45, 2.75) is 40.2 Å². The maximum absolute atomic E-state index is 10.6. The normalized spacial score (nSPS) is 13.3. The van der Waals surface area contributed by atoms with Crippen LogP contribution in [0.1, 0.15) is 34.1 Å². The minimum atomic E-state index is -0.0267. The molecule has 15 heavy (non-hydrogen) atoms. The number of hydrogen-bond acceptors (Lipinski definition) is 2. The van der Waals surface area contributed by atoms with Gasteiger partial charge in [-0.2, -0.15) is 0 Å². The SMILES string of the molecule is CC(C)CC(OCCNC(=O)I)C(C)C. The molecule has 1 amide bonds. The van der Waals surface area contributed by atoms with Gasteiger partial charge in [0.05, 0.1) is 12.7 Å². The molecule has 0 aromatic carbocycles. The fourth-order valence-corrected chi connectivity index (χ4v) is 1.63. The van der Waals surface area contributed by atoms with Crippen molar-refractivity contribution in [3.63, 3.8) is 0 Å². The van der Waals surface area contributed by atoms with Gasteiger partial charge >= 0.3 is 0 Å². The molecule has 0 aromatic heterocycles. The zero-order valence-corrected chi connectivity index (χ0v) is 12.2. The molecule has 0 saturated heterocycles. The van der Waals surface area contributed by atoms with E-state index in [1.165, 1.54) is 0 Å². The minimum absolute atomic E-state index is 0.0267. The summed E-state index contributed by atoms with van der Waals surface area (Å²) in [4.78, 5) is 10.6. The topological polar surface area (TPSA) is 38.3 Å². The van der Waals surface area contributed by atoms with Gasteiger partial charge in [0.25, 0.3) is 3.91 Å². The van der Waals surface area contributed by atoms with E-state index in [1.54, 1.807) is 22.6 Å². The maximum atomic E-state index is 10.6. The van der Waals surface area contributed by atoms with Crippen molar-refractivity contribution in [3.05, 3.63) is 0 Å². The van der Waals surface area contributed by atoms with Crippen LogP contribution in [-0.2, 0) is 4.74 Å². The third-order valence-electron chi connectivity index (χ3n) is 2.15. The molecule has 0 radical (unpaired) electrons. The second-order valence-corrected chi connectivity index (χ2v) is 5.46. The third kappa shape index (κ3) is 9.11. The van der Waals surface area contributed by atoms with Crippen LogP contribution >= 0.6 is 22.6 Å². The van der Waals surface area contributed by atoms with Crippen molar-refractivity contribution < 1.29 is 9.53 Å². The van der Waals surface area contributed by atoms with Crippen LogP contribution in [0.3, 0.4) is 0 Å². The van der Waals surface area contributed by atoms with Gasteiger partial charge in [-0.1, -0.05) is 27.7 Å². The Kier molecular flexibility index (Phi) is 8.42. The first kappa shape index (κ1) is 15.2. The lowest BCUT2D eigenvalue weighted by atomic mass is 9.97. The Labute approximate surface area is 106 Å². The number of carbonyl (C=O) groups excluding carboxylic acids is 1. The number of hydrogen-bond donors (Lipinski definition) is 1. The fraction of sp³-hybridized carbons (Fsp3) is 0.909. The summed E-state index contributed by atoms with van der Waals surface area (Å²) in [6.07, 6.45) is 1.38. The highest BCUT2D eigenvalue weighted by molar-refractivity contribution is 14.1. The first-order valence-corrected chi connectivity index (χ1v) is 6.56. The molecule has 1 atom stereocenters. The Morgan fingerprint density at radius 3 is 2.33 bits per heavy atom. The summed E-state index contributed by atoms with van der Waals surface area (Å²) in [5.41, 5.74) is 0. The molecule has 0 aliphatic heterocycles.